The molecule has 27 heavy (non-hydrogen) atoms. The second kappa shape index (κ2) is 17.2. The third-order valence-corrected chi connectivity index (χ3v) is 5.02. The summed E-state index contributed by atoms with van der Waals surface area (Å²) in [5, 5.41) is 0. The monoisotopic (exact) mass is 392 g/mol. The summed E-state index contributed by atoms with van der Waals surface area (Å²) in [6, 6.07) is 0. The molecular formula is C22H39F3O2. The van der Waals surface area contributed by atoms with Gasteiger partial charge in [0.25, 0.3) is 0 Å². The van der Waals surface area contributed by atoms with Crippen molar-refractivity contribution in [3.8, 4) is 0 Å². The van der Waals surface area contributed by atoms with Crippen molar-refractivity contribution >= 4 is 11.6 Å². The molecule has 0 aromatic heterocycles. The van der Waals surface area contributed by atoms with Crippen LogP contribution in [-0.2, 0) is 9.59 Å². The number of alkyl halides is 3. The van der Waals surface area contributed by atoms with Crippen LogP contribution in [0.3, 0.4) is 0 Å². The zero-order chi connectivity index (χ0) is 20.4. The van der Waals surface area contributed by atoms with Crippen molar-refractivity contribution in [3.05, 3.63) is 0 Å². The Labute approximate surface area is 163 Å². The predicted octanol–water partition coefficient (Wildman–Crippen LogP) is 7.73. The van der Waals surface area contributed by atoms with Crippen molar-refractivity contribution < 1.29 is 22.8 Å². The Hall–Kier alpha value is -0.870. The second-order valence-electron chi connectivity index (χ2n) is 7.66. The lowest BCUT2D eigenvalue weighted by atomic mass is 10.0. The van der Waals surface area contributed by atoms with Crippen LogP contribution in [0.25, 0.3) is 0 Å². The van der Waals surface area contributed by atoms with Crippen molar-refractivity contribution in [3.63, 3.8) is 0 Å². The van der Waals surface area contributed by atoms with Gasteiger partial charge in [-0.1, -0.05) is 110 Å². The van der Waals surface area contributed by atoms with E-state index in [-0.39, 0.29) is 6.42 Å². The van der Waals surface area contributed by atoms with Gasteiger partial charge >= 0.3 is 12.0 Å². The molecule has 0 heterocycles. The lowest BCUT2D eigenvalue weighted by molar-refractivity contribution is -0.174. The fourth-order valence-corrected chi connectivity index (χ4v) is 3.28. The van der Waals surface area contributed by atoms with Crippen LogP contribution in [0.4, 0.5) is 13.2 Å². The molecule has 0 amide bonds. The molecule has 0 N–H and O–H groups in total. The molecule has 0 saturated heterocycles. The first kappa shape index (κ1) is 26.1. The molecule has 160 valence electrons. The summed E-state index contributed by atoms with van der Waals surface area (Å²) >= 11 is 0. The Balaban J connectivity index is 3.23. The van der Waals surface area contributed by atoms with E-state index in [0.29, 0.717) is 6.42 Å². The Kier molecular flexibility index (Phi) is 16.7. The minimum absolute atomic E-state index is 0.281. The van der Waals surface area contributed by atoms with Crippen LogP contribution in [0.2, 0.25) is 0 Å². The maximum Gasteiger partial charge on any atom is 0.458 e. The Morgan fingerprint density at radius 1 is 0.556 bits per heavy atom. The molecule has 0 aliphatic rings. The van der Waals surface area contributed by atoms with Crippen molar-refractivity contribution in [2.45, 2.75) is 129 Å². The molecule has 0 atom stereocenters. The van der Waals surface area contributed by atoms with E-state index in [2.05, 4.69) is 6.92 Å². The Morgan fingerprint density at radius 3 is 1.15 bits per heavy atom. The summed E-state index contributed by atoms with van der Waals surface area (Å²) in [6.45, 7) is 2.24. The van der Waals surface area contributed by atoms with Gasteiger partial charge in [0.1, 0.15) is 0 Å². The highest BCUT2D eigenvalue weighted by molar-refractivity contribution is 6.39. The number of hydrogen-bond acceptors (Lipinski definition) is 2. The zero-order valence-corrected chi connectivity index (χ0v) is 17.2. The quantitative estimate of drug-likeness (QED) is 0.166. The van der Waals surface area contributed by atoms with Gasteiger partial charge in [-0.3, -0.25) is 9.59 Å². The molecule has 0 aromatic rings. The van der Waals surface area contributed by atoms with Gasteiger partial charge in [0.2, 0.25) is 5.78 Å². The van der Waals surface area contributed by atoms with Crippen LogP contribution in [0, 0.1) is 0 Å². The molecule has 0 unspecified atom stereocenters. The highest BCUT2D eigenvalue weighted by Gasteiger charge is 2.42. The van der Waals surface area contributed by atoms with Gasteiger partial charge in [-0.2, -0.15) is 13.2 Å². The normalized spacial score (nSPS) is 11.7. The van der Waals surface area contributed by atoms with E-state index in [1.807, 2.05) is 0 Å². The van der Waals surface area contributed by atoms with E-state index in [4.69, 9.17) is 0 Å². The van der Waals surface area contributed by atoms with E-state index >= 15 is 0 Å². The van der Waals surface area contributed by atoms with Crippen LogP contribution < -0.4 is 0 Å². The molecule has 0 aliphatic carbocycles. The van der Waals surface area contributed by atoms with Crippen molar-refractivity contribution in [1.82, 2.24) is 0 Å². The van der Waals surface area contributed by atoms with Crippen LogP contribution in [0.1, 0.15) is 122 Å². The average Bonchev–Trinajstić information content (AvgIpc) is 2.62. The minimum atomic E-state index is -5.02. The van der Waals surface area contributed by atoms with E-state index in [0.717, 1.165) is 25.7 Å². The molecule has 5 heteroatoms. The minimum Gasteiger partial charge on any atom is -0.291 e. The molecule has 0 aromatic carbocycles. The number of rotatable bonds is 19. The highest BCUT2D eigenvalue weighted by atomic mass is 19.4. The average molecular weight is 393 g/mol. The molecule has 0 fully saturated rings. The lowest BCUT2D eigenvalue weighted by Crippen LogP contribution is -2.30. The number of ketones is 2. The lowest BCUT2D eigenvalue weighted by Gasteiger charge is -2.05. The molecule has 0 spiro atoms. The fraction of sp³-hybridized carbons (Fsp3) is 0.909. The third-order valence-electron chi connectivity index (χ3n) is 5.02. The largest absolute Gasteiger partial charge is 0.458 e. The van der Waals surface area contributed by atoms with Gasteiger partial charge in [-0.05, 0) is 6.42 Å². The molecule has 0 radical (unpaired) electrons. The van der Waals surface area contributed by atoms with Gasteiger partial charge in [-0.15, -0.1) is 0 Å². The topological polar surface area (TPSA) is 34.1 Å². The van der Waals surface area contributed by atoms with Crippen LogP contribution in [-0.4, -0.2) is 17.7 Å². The number of Topliss-reactive ketones (excluding diaryl/α,β-unsaturated/α-hetero) is 2. The van der Waals surface area contributed by atoms with Gasteiger partial charge in [0, 0.05) is 6.42 Å². The maximum atomic E-state index is 12.1. The summed E-state index contributed by atoms with van der Waals surface area (Å²) in [6.07, 6.45) is 14.9. The maximum absolute atomic E-state index is 12.1. The summed E-state index contributed by atoms with van der Waals surface area (Å²) in [4.78, 5) is 21.8. The van der Waals surface area contributed by atoms with Crippen molar-refractivity contribution in [1.29, 1.82) is 0 Å². The van der Waals surface area contributed by atoms with Crippen LogP contribution in [0.5, 0.6) is 0 Å². The molecule has 0 saturated carbocycles. The number of hydrogen-bond donors (Lipinski definition) is 0. The first-order valence-electron chi connectivity index (χ1n) is 11.0. The summed E-state index contributed by atoms with van der Waals surface area (Å²) in [5.74, 6) is -3.51. The highest BCUT2D eigenvalue weighted by Crippen LogP contribution is 2.18. The van der Waals surface area contributed by atoms with Crippen LogP contribution in [0.15, 0.2) is 0 Å². The smallest absolute Gasteiger partial charge is 0.291 e. The molecule has 0 aliphatic heterocycles. The van der Waals surface area contributed by atoms with E-state index in [1.54, 1.807) is 0 Å². The summed E-state index contributed by atoms with van der Waals surface area (Å²) < 4.78 is 36.2. The summed E-state index contributed by atoms with van der Waals surface area (Å²) in [7, 11) is 0. The first-order valence-corrected chi connectivity index (χ1v) is 11.0. The van der Waals surface area contributed by atoms with E-state index in [1.165, 1.54) is 77.0 Å². The standard InChI is InChI=1S/C22H39F3O2/c1-2-3-4-5-6-7-8-9-10-11-12-13-14-15-16-17-18-19-20(26)21(27)22(23,24)25/h2-19H2,1H3. The number of halogens is 3. The molecule has 0 rings (SSSR count). The first-order chi connectivity index (χ1) is 12.9. The predicted molar refractivity (Wildman–Crippen MR) is 105 cm³/mol. The number of carbonyl (C=O) groups excluding carboxylic acids is 2. The third kappa shape index (κ3) is 17.0. The van der Waals surface area contributed by atoms with Crippen molar-refractivity contribution in [2.75, 3.05) is 0 Å². The summed E-state index contributed by atoms with van der Waals surface area (Å²) in [5.41, 5.74) is 0. The SMILES string of the molecule is CCCCCCCCCCCCCCCCCCCC(=O)C(=O)C(F)(F)F. The Morgan fingerprint density at radius 2 is 0.852 bits per heavy atom. The van der Waals surface area contributed by atoms with E-state index in [9.17, 15) is 22.8 Å². The fourth-order valence-electron chi connectivity index (χ4n) is 3.28. The van der Waals surface area contributed by atoms with E-state index < -0.39 is 17.7 Å². The molecule has 0 bridgehead atoms. The molecular weight excluding hydrogens is 353 g/mol. The van der Waals surface area contributed by atoms with Gasteiger partial charge in [0.15, 0.2) is 0 Å². The van der Waals surface area contributed by atoms with Gasteiger partial charge < -0.3 is 0 Å². The van der Waals surface area contributed by atoms with Gasteiger partial charge in [0.05, 0.1) is 0 Å². The number of unbranched alkanes of at least 4 members (excludes halogenated alkanes) is 16. The number of carbonyl (C=O) groups is 2. The van der Waals surface area contributed by atoms with Crippen LogP contribution >= 0.6 is 0 Å². The van der Waals surface area contributed by atoms with Gasteiger partial charge in [-0.25, -0.2) is 0 Å². The zero-order valence-electron chi connectivity index (χ0n) is 17.2. The van der Waals surface area contributed by atoms with Crippen molar-refractivity contribution in [2.24, 2.45) is 0 Å². The Bertz CT molecular complexity index is 378. The second-order valence-corrected chi connectivity index (χ2v) is 7.66. The molecule has 2 nitrogen and oxygen atoms in total.